The van der Waals surface area contributed by atoms with Crippen LogP contribution >= 0.6 is 0 Å². The lowest BCUT2D eigenvalue weighted by molar-refractivity contribution is 0.0600. The van der Waals surface area contributed by atoms with E-state index in [1.165, 1.54) is 26.4 Å². The molecule has 0 bridgehead atoms. The summed E-state index contributed by atoms with van der Waals surface area (Å²) >= 11 is 0. The molecule has 0 aliphatic carbocycles. The Morgan fingerprint density at radius 1 is 1.14 bits per heavy atom. The lowest BCUT2D eigenvalue weighted by atomic mass is 9.98. The molecular weight excluding hydrogens is 264 g/mol. The van der Waals surface area contributed by atoms with E-state index in [9.17, 15) is 4.79 Å². The van der Waals surface area contributed by atoms with Gasteiger partial charge in [-0.15, -0.1) is 0 Å². The van der Waals surface area contributed by atoms with Crippen LogP contribution in [0, 0.1) is 5.92 Å². The van der Waals surface area contributed by atoms with E-state index in [1.807, 2.05) is 12.1 Å². The van der Waals surface area contributed by atoms with Gasteiger partial charge in [0.2, 0.25) is 0 Å². The van der Waals surface area contributed by atoms with Gasteiger partial charge >= 0.3 is 5.97 Å². The summed E-state index contributed by atoms with van der Waals surface area (Å²) in [5, 5.41) is 0. The molecule has 1 aromatic rings. The number of unbranched alkanes of at least 4 members (excludes halogenated alkanes) is 1. The van der Waals surface area contributed by atoms with E-state index in [0.717, 1.165) is 18.1 Å². The Labute approximate surface area is 128 Å². The predicted molar refractivity (Wildman–Crippen MR) is 85.8 cm³/mol. The van der Waals surface area contributed by atoms with Crippen molar-refractivity contribution in [1.29, 1.82) is 0 Å². The zero-order chi connectivity index (χ0) is 15.9. The highest BCUT2D eigenvalue weighted by Crippen LogP contribution is 2.24. The van der Waals surface area contributed by atoms with Gasteiger partial charge in [-0.1, -0.05) is 26.7 Å². The highest BCUT2D eigenvalue weighted by Gasteiger charge is 2.19. The second kappa shape index (κ2) is 8.06. The molecule has 0 saturated heterocycles. The molecule has 0 aliphatic rings. The van der Waals surface area contributed by atoms with Gasteiger partial charge in [-0.2, -0.15) is 0 Å². The summed E-state index contributed by atoms with van der Waals surface area (Å²) in [6.07, 6.45) is 4.71. The van der Waals surface area contributed by atoms with Gasteiger partial charge in [-0.3, -0.25) is 0 Å². The van der Waals surface area contributed by atoms with Crippen LogP contribution in [0.15, 0.2) is 24.3 Å². The van der Waals surface area contributed by atoms with Crippen LogP contribution in [0.2, 0.25) is 0 Å². The Hall–Kier alpha value is -1.51. The third-order valence-corrected chi connectivity index (χ3v) is 3.48. The molecule has 0 amide bonds. The molecule has 1 rings (SSSR count). The van der Waals surface area contributed by atoms with Crippen molar-refractivity contribution in [3.63, 3.8) is 0 Å². The monoisotopic (exact) mass is 292 g/mol. The van der Waals surface area contributed by atoms with Crippen LogP contribution < -0.4 is 4.74 Å². The van der Waals surface area contributed by atoms with Crippen molar-refractivity contribution in [2.75, 3.05) is 7.11 Å². The Bertz CT molecular complexity index is 432. The van der Waals surface area contributed by atoms with Gasteiger partial charge in [-0.25, -0.2) is 4.79 Å². The normalized spacial score (nSPS) is 11.5. The van der Waals surface area contributed by atoms with Crippen molar-refractivity contribution in [2.24, 2.45) is 5.92 Å². The first-order valence-electron chi connectivity index (χ1n) is 7.71. The maximum absolute atomic E-state index is 11.4. The fraction of sp³-hybridized carbons (Fsp3) is 0.611. The number of hydrogen-bond acceptors (Lipinski definition) is 3. The van der Waals surface area contributed by atoms with E-state index in [0.29, 0.717) is 5.56 Å². The van der Waals surface area contributed by atoms with Crippen molar-refractivity contribution in [2.45, 2.75) is 59.0 Å². The van der Waals surface area contributed by atoms with E-state index in [4.69, 9.17) is 4.74 Å². The maximum Gasteiger partial charge on any atom is 0.337 e. The molecule has 1 aromatic carbocycles. The molecule has 0 radical (unpaired) electrons. The summed E-state index contributed by atoms with van der Waals surface area (Å²) in [7, 11) is 1.38. The summed E-state index contributed by atoms with van der Waals surface area (Å²) in [4.78, 5) is 11.4. The molecule has 0 saturated carbocycles. The number of ether oxygens (including phenoxy) is 2. The predicted octanol–water partition coefficient (Wildman–Crippen LogP) is 4.85. The standard InChI is InChI=1S/C18H28O3/c1-14(2)8-6-7-13-18(3,4)21-16-11-9-15(10-12-16)17(19)20-5/h9-12,14H,6-8,13H2,1-5H3. The minimum absolute atomic E-state index is 0.191. The van der Waals surface area contributed by atoms with Crippen LogP contribution in [0.25, 0.3) is 0 Å². The summed E-state index contributed by atoms with van der Waals surface area (Å²) in [5.41, 5.74) is 0.351. The molecular formula is C18H28O3. The maximum atomic E-state index is 11.4. The Kier molecular flexibility index (Phi) is 6.73. The minimum Gasteiger partial charge on any atom is -0.488 e. The zero-order valence-corrected chi connectivity index (χ0v) is 13.9. The van der Waals surface area contributed by atoms with Gasteiger partial charge in [0, 0.05) is 0 Å². The molecule has 118 valence electrons. The molecule has 0 N–H and O–H groups in total. The molecule has 0 heterocycles. The molecule has 0 atom stereocenters. The summed E-state index contributed by atoms with van der Waals surface area (Å²) in [6, 6.07) is 7.11. The molecule has 3 nitrogen and oxygen atoms in total. The fourth-order valence-corrected chi connectivity index (χ4v) is 2.25. The number of rotatable bonds is 8. The number of carbonyl (C=O) groups excluding carboxylic acids is 1. The summed E-state index contributed by atoms with van der Waals surface area (Å²) < 4.78 is 10.7. The van der Waals surface area contributed by atoms with Gasteiger partial charge in [-0.05, 0) is 56.9 Å². The third kappa shape index (κ3) is 6.65. The van der Waals surface area contributed by atoms with E-state index in [2.05, 4.69) is 32.4 Å². The lowest BCUT2D eigenvalue weighted by Gasteiger charge is -2.26. The number of benzene rings is 1. The van der Waals surface area contributed by atoms with Crippen LogP contribution in [-0.2, 0) is 4.74 Å². The third-order valence-electron chi connectivity index (χ3n) is 3.48. The van der Waals surface area contributed by atoms with Crippen LogP contribution in [-0.4, -0.2) is 18.7 Å². The SMILES string of the molecule is COC(=O)c1ccc(OC(C)(C)CCCCC(C)C)cc1. The highest BCUT2D eigenvalue weighted by molar-refractivity contribution is 5.89. The van der Waals surface area contributed by atoms with Crippen LogP contribution in [0.3, 0.4) is 0 Å². The van der Waals surface area contributed by atoms with Crippen molar-refractivity contribution in [1.82, 2.24) is 0 Å². The molecule has 0 aromatic heterocycles. The first-order valence-corrected chi connectivity index (χ1v) is 7.71. The number of methoxy groups -OCH3 is 1. The van der Waals surface area contributed by atoms with Gasteiger partial charge in [0.1, 0.15) is 11.4 Å². The van der Waals surface area contributed by atoms with Crippen LogP contribution in [0.5, 0.6) is 5.75 Å². The van der Waals surface area contributed by atoms with Gasteiger partial charge in [0.05, 0.1) is 12.7 Å². The van der Waals surface area contributed by atoms with E-state index < -0.39 is 0 Å². The quantitative estimate of drug-likeness (QED) is 0.507. The smallest absolute Gasteiger partial charge is 0.337 e. The van der Waals surface area contributed by atoms with Gasteiger partial charge < -0.3 is 9.47 Å². The molecule has 3 heteroatoms. The zero-order valence-electron chi connectivity index (χ0n) is 13.9. The summed E-state index contributed by atoms with van der Waals surface area (Å²) in [6.45, 7) is 8.72. The lowest BCUT2D eigenvalue weighted by Crippen LogP contribution is -2.28. The molecule has 21 heavy (non-hydrogen) atoms. The highest BCUT2D eigenvalue weighted by atomic mass is 16.5. The van der Waals surface area contributed by atoms with Crippen molar-refractivity contribution in [3.8, 4) is 5.75 Å². The molecule has 0 aliphatic heterocycles. The van der Waals surface area contributed by atoms with Gasteiger partial charge in [0.25, 0.3) is 0 Å². The first-order chi connectivity index (χ1) is 9.84. The Morgan fingerprint density at radius 3 is 2.29 bits per heavy atom. The number of hydrogen-bond donors (Lipinski definition) is 0. The average Bonchev–Trinajstić information content (AvgIpc) is 2.43. The first kappa shape index (κ1) is 17.5. The van der Waals surface area contributed by atoms with E-state index >= 15 is 0 Å². The van der Waals surface area contributed by atoms with Crippen LogP contribution in [0.1, 0.15) is 63.7 Å². The van der Waals surface area contributed by atoms with Crippen molar-refractivity contribution < 1.29 is 14.3 Å². The topological polar surface area (TPSA) is 35.5 Å². The molecule has 0 fully saturated rings. The van der Waals surface area contributed by atoms with Crippen LogP contribution in [0.4, 0.5) is 0 Å². The van der Waals surface area contributed by atoms with E-state index in [-0.39, 0.29) is 11.6 Å². The fourth-order valence-electron chi connectivity index (χ4n) is 2.25. The minimum atomic E-state index is -0.325. The summed E-state index contributed by atoms with van der Waals surface area (Å²) in [5.74, 6) is 1.23. The average molecular weight is 292 g/mol. The number of esters is 1. The molecule has 0 spiro atoms. The van der Waals surface area contributed by atoms with Gasteiger partial charge in [0.15, 0.2) is 0 Å². The largest absolute Gasteiger partial charge is 0.488 e. The van der Waals surface area contributed by atoms with Crippen molar-refractivity contribution in [3.05, 3.63) is 29.8 Å². The van der Waals surface area contributed by atoms with E-state index in [1.54, 1.807) is 12.1 Å². The molecule has 0 unspecified atom stereocenters. The second-order valence-electron chi connectivity index (χ2n) is 6.52. The Balaban J connectivity index is 2.48. The Morgan fingerprint density at radius 2 is 1.76 bits per heavy atom. The van der Waals surface area contributed by atoms with Crippen molar-refractivity contribution >= 4 is 5.97 Å². The second-order valence-corrected chi connectivity index (χ2v) is 6.52. The number of carbonyl (C=O) groups is 1.